The van der Waals surface area contributed by atoms with Crippen LogP contribution in [0.2, 0.25) is 0 Å². The van der Waals surface area contributed by atoms with Gasteiger partial charge in [0.25, 0.3) is 0 Å². The van der Waals surface area contributed by atoms with Crippen molar-refractivity contribution in [2.75, 3.05) is 13.1 Å². The molecule has 1 unspecified atom stereocenters. The molecular formula is C15H19N3. The van der Waals surface area contributed by atoms with Gasteiger partial charge in [-0.05, 0) is 31.9 Å². The minimum atomic E-state index is 0.567. The van der Waals surface area contributed by atoms with E-state index in [4.69, 9.17) is 0 Å². The van der Waals surface area contributed by atoms with Gasteiger partial charge in [-0.1, -0.05) is 29.8 Å². The number of nitrogens with zero attached hydrogens (tertiary/aromatic N) is 1. The van der Waals surface area contributed by atoms with E-state index in [9.17, 15) is 0 Å². The zero-order valence-corrected chi connectivity index (χ0v) is 10.7. The first-order chi connectivity index (χ1) is 8.84. The third-order valence-corrected chi connectivity index (χ3v) is 3.74. The molecule has 1 aromatic heterocycles. The highest BCUT2D eigenvalue weighted by Crippen LogP contribution is 2.30. The lowest BCUT2D eigenvalue weighted by Crippen LogP contribution is -2.28. The second-order valence-corrected chi connectivity index (χ2v) is 5.11. The van der Waals surface area contributed by atoms with Crippen LogP contribution >= 0.6 is 0 Å². The Kier molecular flexibility index (Phi) is 3.15. The van der Waals surface area contributed by atoms with Gasteiger partial charge in [0.05, 0.1) is 6.20 Å². The number of H-pyrrole nitrogens is 1. The normalized spacial score (nSPS) is 19.9. The van der Waals surface area contributed by atoms with E-state index in [0.717, 1.165) is 13.1 Å². The lowest BCUT2D eigenvalue weighted by Gasteiger charge is -2.22. The van der Waals surface area contributed by atoms with Crippen molar-refractivity contribution in [1.82, 2.24) is 15.5 Å². The summed E-state index contributed by atoms with van der Waals surface area (Å²) in [6.07, 6.45) is 4.44. The van der Waals surface area contributed by atoms with E-state index < -0.39 is 0 Å². The largest absolute Gasteiger partial charge is 0.316 e. The summed E-state index contributed by atoms with van der Waals surface area (Å²) >= 11 is 0. The van der Waals surface area contributed by atoms with Crippen molar-refractivity contribution in [2.24, 2.45) is 0 Å². The van der Waals surface area contributed by atoms with Crippen LogP contribution in [0.1, 0.15) is 30.0 Å². The van der Waals surface area contributed by atoms with Crippen LogP contribution in [0.5, 0.6) is 0 Å². The fourth-order valence-electron chi connectivity index (χ4n) is 2.67. The Bertz CT molecular complexity index is 507. The standard InChI is InChI=1S/C15H19N3/c1-11-4-6-12(7-5-11)14-10-17-18-15(14)13-3-2-8-16-9-13/h4-7,10,13,16H,2-3,8-9H2,1H3,(H,17,18). The van der Waals surface area contributed by atoms with Crippen LogP contribution < -0.4 is 5.32 Å². The molecule has 0 bridgehead atoms. The predicted octanol–water partition coefficient (Wildman–Crippen LogP) is 2.85. The quantitative estimate of drug-likeness (QED) is 0.848. The minimum absolute atomic E-state index is 0.567. The van der Waals surface area contributed by atoms with E-state index in [2.05, 4.69) is 46.7 Å². The van der Waals surface area contributed by atoms with Crippen LogP contribution in [0, 0.1) is 6.92 Å². The maximum Gasteiger partial charge on any atom is 0.0568 e. The molecule has 1 fully saturated rings. The SMILES string of the molecule is Cc1ccc(-c2cn[nH]c2C2CCCNC2)cc1. The summed E-state index contributed by atoms with van der Waals surface area (Å²) in [5.41, 5.74) is 5.09. The molecule has 2 aromatic rings. The molecule has 1 aromatic carbocycles. The van der Waals surface area contributed by atoms with Gasteiger partial charge in [0.15, 0.2) is 0 Å². The molecule has 18 heavy (non-hydrogen) atoms. The van der Waals surface area contributed by atoms with E-state index in [-0.39, 0.29) is 0 Å². The molecule has 1 saturated heterocycles. The highest BCUT2D eigenvalue weighted by Gasteiger charge is 2.20. The summed E-state index contributed by atoms with van der Waals surface area (Å²) < 4.78 is 0. The lowest BCUT2D eigenvalue weighted by atomic mass is 9.91. The van der Waals surface area contributed by atoms with Gasteiger partial charge in [-0.25, -0.2) is 0 Å². The van der Waals surface area contributed by atoms with Crippen molar-refractivity contribution in [1.29, 1.82) is 0 Å². The molecule has 3 rings (SSSR count). The second-order valence-electron chi connectivity index (χ2n) is 5.11. The molecule has 0 aliphatic carbocycles. The third-order valence-electron chi connectivity index (χ3n) is 3.74. The fourth-order valence-corrected chi connectivity index (χ4v) is 2.67. The van der Waals surface area contributed by atoms with E-state index in [1.165, 1.54) is 35.2 Å². The van der Waals surface area contributed by atoms with Gasteiger partial charge in [-0.15, -0.1) is 0 Å². The van der Waals surface area contributed by atoms with Gasteiger partial charge in [0.1, 0.15) is 0 Å². The zero-order valence-electron chi connectivity index (χ0n) is 10.7. The van der Waals surface area contributed by atoms with Gasteiger partial charge < -0.3 is 5.32 Å². The molecule has 2 N–H and O–H groups in total. The van der Waals surface area contributed by atoms with Crippen LogP contribution in [0.4, 0.5) is 0 Å². The van der Waals surface area contributed by atoms with Gasteiger partial charge in [0, 0.05) is 23.7 Å². The van der Waals surface area contributed by atoms with Crippen LogP contribution in [-0.4, -0.2) is 23.3 Å². The van der Waals surface area contributed by atoms with Crippen molar-refractivity contribution in [3.05, 3.63) is 41.7 Å². The maximum absolute atomic E-state index is 4.24. The monoisotopic (exact) mass is 241 g/mol. The number of hydrogen-bond donors (Lipinski definition) is 2. The van der Waals surface area contributed by atoms with Gasteiger partial charge in [-0.2, -0.15) is 5.10 Å². The molecule has 3 heteroatoms. The first-order valence-corrected chi connectivity index (χ1v) is 6.65. The molecule has 1 aliphatic heterocycles. The van der Waals surface area contributed by atoms with E-state index >= 15 is 0 Å². The van der Waals surface area contributed by atoms with E-state index in [1.807, 2.05) is 6.20 Å². The molecular weight excluding hydrogens is 222 g/mol. The number of hydrogen-bond acceptors (Lipinski definition) is 2. The molecule has 0 saturated carbocycles. The lowest BCUT2D eigenvalue weighted by molar-refractivity contribution is 0.455. The molecule has 1 aliphatic rings. The van der Waals surface area contributed by atoms with Crippen molar-refractivity contribution < 1.29 is 0 Å². The summed E-state index contributed by atoms with van der Waals surface area (Å²) in [5.74, 6) is 0.567. The number of aryl methyl sites for hydroxylation is 1. The highest BCUT2D eigenvalue weighted by atomic mass is 15.1. The molecule has 0 spiro atoms. The molecule has 0 radical (unpaired) electrons. The van der Waals surface area contributed by atoms with Crippen molar-refractivity contribution in [3.8, 4) is 11.1 Å². The molecule has 94 valence electrons. The molecule has 3 nitrogen and oxygen atoms in total. The maximum atomic E-state index is 4.24. The Labute approximate surface area is 108 Å². The van der Waals surface area contributed by atoms with Crippen molar-refractivity contribution in [2.45, 2.75) is 25.7 Å². The summed E-state index contributed by atoms with van der Waals surface area (Å²) in [5, 5.41) is 10.9. The summed E-state index contributed by atoms with van der Waals surface area (Å²) in [7, 11) is 0. The van der Waals surface area contributed by atoms with E-state index in [1.54, 1.807) is 0 Å². The van der Waals surface area contributed by atoms with Crippen molar-refractivity contribution in [3.63, 3.8) is 0 Å². The first kappa shape index (κ1) is 11.5. The third kappa shape index (κ3) is 2.18. The van der Waals surface area contributed by atoms with Gasteiger partial charge in [0.2, 0.25) is 0 Å². The Morgan fingerprint density at radius 1 is 1.22 bits per heavy atom. The summed E-state index contributed by atoms with van der Waals surface area (Å²) in [6, 6.07) is 8.68. The number of benzene rings is 1. The Hall–Kier alpha value is -1.61. The number of piperidine rings is 1. The predicted molar refractivity (Wildman–Crippen MR) is 73.6 cm³/mol. The number of aromatic amines is 1. The van der Waals surface area contributed by atoms with E-state index in [0.29, 0.717) is 5.92 Å². The minimum Gasteiger partial charge on any atom is -0.316 e. The van der Waals surface area contributed by atoms with Crippen LogP contribution in [0.15, 0.2) is 30.5 Å². The fraction of sp³-hybridized carbons (Fsp3) is 0.400. The van der Waals surface area contributed by atoms with Gasteiger partial charge in [-0.3, -0.25) is 5.10 Å². The summed E-state index contributed by atoms with van der Waals surface area (Å²) in [6.45, 7) is 4.32. The average Bonchev–Trinajstić information content (AvgIpc) is 2.90. The van der Waals surface area contributed by atoms with Crippen LogP contribution in [0.25, 0.3) is 11.1 Å². The number of nitrogens with one attached hydrogen (secondary N) is 2. The Balaban J connectivity index is 1.93. The Morgan fingerprint density at radius 3 is 2.78 bits per heavy atom. The average molecular weight is 241 g/mol. The highest BCUT2D eigenvalue weighted by molar-refractivity contribution is 5.66. The molecule has 1 atom stereocenters. The van der Waals surface area contributed by atoms with Crippen LogP contribution in [-0.2, 0) is 0 Å². The number of aromatic nitrogens is 2. The van der Waals surface area contributed by atoms with Crippen LogP contribution in [0.3, 0.4) is 0 Å². The second kappa shape index (κ2) is 4.94. The molecule has 0 amide bonds. The number of rotatable bonds is 2. The Morgan fingerprint density at radius 2 is 2.06 bits per heavy atom. The van der Waals surface area contributed by atoms with Gasteiger partial charge >= 0.3 is 0 Å². The zero-order chi connectivity index (χ0) is 12.4. The first-order valence-electron chi connectivity index (χ1n) is 6.65. The topological polar surface area (TPSA) is 40.7 Å². The van der Waals surface area contributed by atoms with Crippen molar-refractivity contribution >= 4 is 0 Å². The summed E-state index contributed by atoms with van der Waals surface area (Å²) in [4.78, 5) is 0. The molecule has 2 heterocycles. The smallest absolute Gasteiger partial charge is 0.0568 e.